The standard InChI is InChI=1S/C15H33N3O2S/c1-6-16-14(17-10-8-9-12-20-7-2)18-11-13-21(19)15(3,4)5/h6-13H2,1-5H3,(H2,16,17,18). The highest BCUT2D eigenvalue weighted by atomic mass is 32.2. The number of rotatable bonds is 10. The molecule has 0 heterocycles. The van der Waals surface area contributed by atoms with Crippen molar-refractivity contribution < 1.29 is 8.95 Å². The lowest BCUT2D eigenvalue weighted by molar-refractivity contribution is 0.144. The number of ether oxygens (including phenoxy) is 1. The fourth-order valence-electron chi connectivity index (χ4n) is 1.56. The summed E-state index contributed by atoms with van der Waals surface area (Å²) in [7, 11) is -0.831. The van der Waals surface area contributed by atoms with Crippen LogP contribution in [0.4, 0.5) is 0 Å². The van der Waals surface area contributed by atoms with Gasteiger partial charge >= 0.3 is 0 Å². The number of nitrogens with one attached hydrogen (secondary N) is 2. The molecule has 6 heteroatoms. The number of hydrogen-bond acceptors (Lipinski definition) is 3. The van der Waals surface area contributed by atoms with Crippen LogP contribution in [0.3, 0.4) is 0 Å². The maximum Gasteiger partial charge on any atom is 0.191 e. The molecular formula is C15H33N3O2S. The lowest BCUT2D eigenvalue weighted by Crippen LogP contribution is -2.40. The lowest BCUT2D eigenvalue weighted by Gasteiger charge is -2.18. The van der Waals surface area contributed by atoms with E-state index in [4.69, 9.17) is 4.74 Å². The Bertz CT molecular complexity index is 315. The molecule has 2 N–H and O–H groups in total. The van der Waals surface area contributed by atoms with Crippen molar-refractivity contribution in [3.8, 4) is 0 Å². The maximum atomic E-state index is 12.0. The Morgan fingerprint density at radius 2 is 1.90 bits per heavy atom. The molecule has 0 aliphatic carbocycles. The average molecular weight is 320 g/mol. The highest BCUT2D eigenvalue weighted by molar-refractivity contribution is 7.86. The summed E-state index contributed by atoms with van der Waals surface area (Å²) in [5.41, 5.74) is 0. The van der Waals surface area contributed by atoms with Crippen LogP contribution >= 0.6 is 0 Å². The van der Waals surface area contributed by atoms with Crippen LogP contribution in [0, 0.1) is 0 Å². The Kier molecular flexibility index (Phi) is 11.6. The van der Waals surface area contributed by atoms with Gasteiger partial charge in [-0.25, -0.2) is 0 Å². The van der Waals surface area contributed by atoms with Crippen molar-refractivity contribution >= 4 is 16.8 Å². The normalized spacial score (nSPS) is 14.0. The van der Waals surface area contributed by atoms with Gasteiger partial charge in [-0.2, -0.15) is 0 Å². The van der Waals surface area contributed by atoms with E-state index in [0.717, 1.165) is 45.1 Å². The molecule has 0 aliphatic heterocycles. The van der Waals surface area contributed by atoms with Crippen molar-refractivity contribution in [2.75, 3.05) is 38.6 Å². The zero-order chi connectivity index (χ0) is 16.1. The van der Waals surface area contributed by atoms with Crippen LogP contribution in [-0.4, -0.2) is 53.5 Å². The first-order valence-corrected chi connectivity index (χ1v) is 9.22. The summed E-state index contributed by atoms with van der Waals surface area (Å²) < 4.78 is 17.1. The summed E-state index contributed by atoms with van der Waals surface area (Å²) >= 11 is 0. The Labute approximate surface area is 132 Å². The fraction of sp³-hybridized carbons (Fsp3) is 0.933. The van der Waals surface area contributed by atoms with E-state index in [1.165, 1.54) is 0 Å². The molecule has 0 bridgehead atoms. The summed E-state index contributed by atoms with van der Waals surface area (Å²) in [6, 6.07) is 0. The molecule has 1 atom stereocenters. The van der Waals surface area contributed by atoms with Crippen molar-refractivity contribution in [3.05, 3.63) is 0 Å². The summed E-state index contributed by atoms with van der Waals surface area (Å²) in [4.78, 5) is 4.51. The van der Waals surface area contributed by atoms with Crippen molar-refractivity contribution in [2.45, 2.75) is 52.2 Å². The topological polar surface area (TPSA) is 62.7 Å². The summed E-state index contributed by atoms with van der Waals surface area (Å²) in [5, 5.41) is 6.45. The van der Waals surface area contributed by atoms with Gasteiger partial charge in [-0.1, -0.05) is 0 Å². The van der Waals surface area contributed by atoms with E-state index in [-0.39, 0.29) is 4.75 Å². The molecule has 0 rings (SSSR count). The van der Waals surface area contributed by atoms with E-state index < -0.39 is 10.8 Å². The fourth-order valence-corrected chi connectivity index (χ4v) is 2.46. The van der Waals surface area contributed by atoms with Crippen LogP contribution in [0.5, 0.6) is 0 Å². The van der Waals surface area contributed by atoms with Gasteiger partial charge in [0.1, 0.15) is 0 Å². The largest absolute Gasteiger partial charge is 0.382 e. The minimum atomic E-state index is -0.831. The third-order valence-corrected chi connectivity index (χ3v) is 4.72. The number of aliphatic imine (C=N–C) groups is 1. The van der Waals surface area contributed by atoms with E-state index in [1.807, 2.05) is 34.6 Å². The minimum absolute atomic E-state index is 0.156. The molecule has 0 saturated heterocycles. The van der Waals surface area contributed by atoms with Gasteiger partial charge in [0, 0.05) is 54.1 Å². The summed E-state index contributed by atoms with van der Waals surface area (Å²) in [6.07, 6.45) is 2.05. The van der Waals surface area contributed by atoms with Gasteiger partial charge in [0.25, 0.3) is 0 Å². The van der Waals surface area contributed by atoms with Crippen molar-refractivity contribution in [1.82, 2.24) is 10.6 Å². The third-order valence-electron chi connectivity index (χ3n) is 2.78. The van der Waals surface area contributed by atoms with Crippen LogP contribution < -0.4 is 10.6 Å². The van der Waals surface area contributed by atoms with Gasteiger partial charge in [-0.3, -0.25) is 9.20 Å². The smallest absolute Gasteiger partial charge is 0.191 e. The molecule has 126 valence electrons. The van der Waals surface area contributed by atoms with Crippen LogP contribution in [0.2, 0.25) is 0 Å². The van der Waals surface area contributed by atoms with Gasteiger partial charge in [0.05, 0.1) is 0 Å². The predicted octanol–water partition coefficient (Wildman–Crippen LogP) is 1.91. The van der Waals surface area contributed by atoms with E-state index in [9.17, 15) is 4.21 Å². The molecular weight excluding hydrogens is 286 g/mol. The van der Waals surface area contributed by atoms with E-state index >= 15 is 0 Å². The first-order valence-electron chi connectivity index (χ1n) is 7.90. The number of nitrogens with zero attached hydrogens (tertiary/aromatic N) is 1. The molecule has 5 nitrogen and oxygen atoms in total. The average Bonchev–Trinajstić information content (AvgIpc) is 2.41. The molecule has 0 aromatic rings. The van der Waals surface area contributed by atoms with Crippen LogP contribution in [0.15, 0.2) is 4.99 Å². The van der Waals surface area contributed by atoms with Crippen LogP contribution in [0.1, 0.15) is 47.5 Å². The number of hydrogen-bond donors (Lipinski definition) is 2. The SMILES string of the molecule is CCNC(=NCCCCOCC)NCCS(=O)C(C)(C)C. The molecule has 0 amide bonds. The molecule has 21 heavy (non-hydrogen) atoms. The quantitative estimate of drug-likeness (QED) is 0.367. The third kappa shape index (κ3) is 11.7. The van der Waals surface area contributed by atoms with Crippen molar-refractivity contribution in [1.29, 1.82) is 0 Å². The molecule has 0 fully saturated rings. The summed E-state index contributed by atoms with van der Waals surface area (Å²) in [6.45, 7) is 13.9. The Hall–Kier alpha value is -0.620. The predicted molar refractivity (Wildman–Crippen MR) is 92.5 cm³/mol. The second kappa shape index (κ2) is 12.0. The molecule has 0 aromatic heterocycles. The molecule has 0 aliphatic rings. The number of unbranched alkanes of at least 4 members (excludes halogenated alkanes) is 1. The number of guanidine groups is 1. The van der Waals surface area contributed by atoms with Gasteiger partial charge in [0.15, 0.2) is 5.96 Å². The van der Waals surface area contributed by atoms with Crippen molar-refractivity contribution in [3.63, 3.8) is 0 Å². The van der Waals surface area contributed by atoms with E-state index in [0.29, 0.717) is 12.3 Å². The van der Waals surface area contributed by atoms with Gasteiger partial charge in [0.2, 0.25) is 0 Å². The highest BCUT2D eigenvalue weighted by Crippen LogP contribution is 2.10. The first kappa shape index (κ1) is 20.4. The molecule has 1 unspecified atom stereocenters. The summed E-state index contributed by atoms with van der Waals surface area (Å²) in [5.74, 6) is 1.44. The second-order valence-corrected chi connectivity index (χ2v) is 8.08. The Morgan fingerprint density at radius 1 is 1.19 bits per heavy atom. The zero-order valence-electron chi connectivity index (χ0n) is 14.3. The van der Waals surface area contributed by atoms with E-state index in [2.05, 4.69) is 15.6 Å². The van der Waals surface area contributed by atoms with E-state index in [1.54, 1.807) is 0 Å². The molecule has 0 radical (unpaired) electrons. The Morgan fingerprint density at radius 3 is 2.48 bits per heavy atom. The lowest BCUT2D eigenvalue weighted by atomic mass is 10.3. The Balaban J connectivity index is 3.98. The molecule has 0 spiro atoms. The first-order chi connectivity index (χ1) is 9.91. The monoisotopic (exact) mass is 319 g/mol. The minimum Gasteiger partial charge on any atom is -0.382 e. The van der Waals surface area contributed by atoms with Crippen molar-refractivity contribution in [2.24, 2.45) is 4.99 Å². The highest BCUT2D eigenvalue weighted by Gasteiger charge is 2.18. The molecule has 0 aromatic carbocycles. The maximum absolute atomic E-state index is 12.0. The van der Waals surface area contributed by atoms with Gasteiger partial charge in [-0.15, -0.1) is 0 Å². The zero-order valence-corrected chi connectivity index (χ0v) is 15.1. The van der Waals surface area contributed by atoms with Gasteiger partial charge < -0.3 is 15.4 Å². The second-order valence-electron chi connectivity index (χ2n) is 5.75. The molecule has 0 saturated carbocycles. The van der Waals surface area contributed by atoms with Crippen LogP contribution in [-0.2, 0) is 15.5 Å². The van der Waals surface area contributed by atoms with Gasteiger partial charge in [-0.05, 0) is 47.5 Å². The van der Waals surface area contributed by atoms with Crippen LogP contribution in [0.25, 0.3) is 0 Å².